The van der Waals surface area contributed by atoms with Crippen LogP contribution in [0, 0.1) is 0 Å². The topological polar surface area (TPSA) is 4.93 Å². The van der Waals surface area contributed by atoms with Crippen LogP contribution in [0.4, 0.5) is 0 Å². The van der Waals surface area contributed by atoms with E-state index in [-0.39, 0.29) is 0 Å². The van der Waals surface area contributed by atoms with Gasteiger partial charge in [-0.2, -0.15) is 0 Å². The van der Waals surface area contributed by atoms with Gasteiger partial charge in [0.25, 0.3) is 0 Å². The second kappa shape index (κ2) is 9.08. The Kier molecular flexibility index (Phi) is 5.36. The molecule has 0 saturated heterocycles. The van der Waals surface area contributed by atoms with Crippen molar-refractivity contribution in [1.29, 1.82) is 0 Å². The number of allylic oxidation sites excluding steroid dienone is 4. The number of aromatic nitrogens is 1. The lowest BCUT2D eigenvalue weighted by molar-refractivity contribution is 1.06. The molecule has 2 heterocycles. The fourth-order valence-corrected chi connectivity index (χ4v) is 7.74. The molecular formula is C36H24BrNS. The zero-order chi connectivity index (χ0) is 25.9. The van der Waals surface area contributed by atoms with Crippen molar-refractivity contribution < 1.29 is 0 Å². The highest BCUT2D eigenvalue weighted by Gasteiger charge is 2.16. The van der Waals surface area contributed by atoms with Crippen molar-refractivity contribution in [3.8, 4) is 5.69 Å². The molecule has 8 rings (SSSR count). The Labute approximate surface area is 239 Å². The molecule has 0 N–H and O–H groups in total. The van der Waals surface area contributed by atoms with Gasteiger partial charge in [0.05, 0.1) is 11.0 Å². The molecule has 3 heteroatoms. The number of thiophene rings is 1. The van der Waals surface area contributed by atoms with Gasteiger partial charge in [0.2, 0.25) is 0 Å². The third-order valence-electron chi connectivity index (χ3n) is 7.95. The van der Waals surface area contributed by atoms with Crippen LogP contribution in [0.5, 0.6) is 0 Å². The molecule has 1 aliphatic carbocycles. The van der Waals surface area contributed by atoms with E-state index in [4.69, 9.17) is 0 Å². The predicted molar refractivity (Wildman–Crippen MR) is 173 cm³/mol. The fourth-order valence-electron chi connectivity index (χ4n) is 6.12. The quantitative estimate of drug-likeness (QED) is 0.195. The Morgan fingerprint density at radius 1 is 0.641 bits per heavy atom. The van der Waals surface area contributed by atoms with Gasteiger partial charge < -0.3 is 4.57 Å². The van der Waals surface area contributed by atoms with E-state index in [2.05, 4.69) is 142 Å². The van der Waals surface area contributed by atoms with Crippen molar-refractivity contribution in [1.82, 2.24) is 4.57 Å². The molecule has 5 aromatic carbocycles. The minimum absolute atomic E-state index is 1.05. The smallest absolute Gasteiger partial charge is 0.0547 e. The maximum absolute atomic E-state index is 3.76. The lowest BCUT2D eigenvalue weighted by atomic mass is 9.90. The first-order valence-electron chi connectivity index (χ1n) is 13.4. The molecule has 0 amide bonds. The first-order valence-corrected chi connectivity index (χ1v) is 15.0. The molecule has 0 saturated carbocycles. The number of rotatable bonds is 3. The molecule has 2 aromatic heterocycles. The summed E-state index contributed by atoms with van der Waals surface area (Å²) in [7, 11) is 0. The van der Waals surface area contributed by atoms with E-state index in [1.165, 1.54) is 69.9 Å². The van der Waals surface area contributed by atoms with Crippen LogP contribution in [0.1, 0.15) is 24.0 Å². The van der Waals surface area contributed by atoms with Crippen LogP contribution >= 0.6 is 27.3 Å². The molecule has 0 unspecified atom stereocenters. The molecule has 0 aliphatic heterocycles. The summed E-state index contributed by atoms with van der Waals surface area (Å²) in [4.78, 5) is 0. The summed E-state index contributed by atoms with van der Waals surface area (Å²) in [6.07, 6.45) is 6.87. The lowest BCUT2D eigenvalue weighted by Gasteiger charge is -2.16. The summed E-state index contributed by atoms with van der Waals surface area (Å²) in [6, 6.07) is 40.0. The van der Waals surface area contributed by atoms with Gasteiger partial charge in [0.15, 0.2) is 0 Å². The molecule has 1 nitrogen and oxygen atoms in total. The largest absolute Gasteiger partial charge is 0.309 e. The lowest BCUT2D eigenvalue weighted by Crippen LogP contribution is -1.96. The molecule has 0 spiro atoms. The van der Waals surface area contributed by atoms with Gasteiger partial charge in [0, 0.05) is 41.1 Å². The molecular weight excluding hydrogens is 558 g/mol. The number of halogens is 1. The maximum Gasteiger partial charge on any atom is 0.0547 e. The molecule has 0 atom stereocenters. The molecule has 39 heavy (non-hydrogen) atoms. The van der Waals surface area contributed by atoms with Gasteiger partial charge >= 0.3 is 0 Å². The zero-order valence-corrected chi connectivity index (χ0v) is 23.6. The van der Waals surface area contributed by atoms with E-state index < -0.39 is 0 Å². The third kappa shape index (κ3) is 3.72. The Morgan fingerprint density at radius 2 is 1.41 bits per heavy atom. The van der Waals surface area contributed by atoms with E-state index >= 15 is 0 Å². The molecule has 186 valence electrons. The summed E-state index contributed by atoms with van der Waals surface area (Å²) < 4.78 is 6.27. The minimum atomic E-state index is 1.05. The maximum atomic E-state index is 3.76. The standard InChI is InChI=1S/C36H24BrNS/c37-32-13-4-1-10-27(32)25-9-7-8-23(20-25)24-16-18-29-28-11-2-5-14-33(28)38(34(29)21-24)26-17-19-36-31(22-26)30-12-3-6-15-35(30)39-36/h1-6,8,10-22H,7,9H2. The normalized spacial score (nSPS) is 13.9. The van der Waals surface area contributed by atoms with E-state index in [1.807, 2.05) is 11.3 Å². The van der Waals surface area contributed by atoms with Crippen LogP contribution in [-0.4, -0.2) is 4.57 Å². The van der Waals surface area contributed by atoms with Crippen LogP contribution in [0.3, 0.4) is 0 Å². The van der Waals surface area contributed by atoms with Crippen molar-refractivity contribution in [2.24, 2.45) is 0 Å². The number of benzene rings is 5. The van der Waals surface area contributed by atoms with Gasteiger partial charge in [-0.05, 0) is 77.6 Å². The summed E-state index contributed by atoms with van der Waals surface area (Å²) in [5.41, 5.74) is 8.92. The Hall–Kier alpha value is -3.92. The minimum Gasteiger partial charge on any atom is -0.309 e. The van der Waals surface area contributed by atoms with Crippen LogP contribution in [0.15, 0.2) is 126 Å². The Morgan fingerprint density at radius 3 is 2.33 bits per heavy atom. The van der Waals surface area contributed by atoms with Crippen molar-refractivity contribution in [3.63, 3.8) is 0 Å². The van der Waals surface area contributed by atoms with Crippen molar-refractivity contribution in [2.75, 3.05) is 0 Å². The van der Waals surface area contributed by atoms with Gasteiger partial charge in [0.1, 0.15) is 0 Å². The van der Waals surface area contributed by atoms with Crippen molar-refractivity contribution >= 4 is 80.4 Å². The molecule has 0 radical (unpaired) electrons. The van der Waals surface area contributed by atoms with Crippen LogP contribution < -0.4 is 0 Å². The van der Waals surface area contributed by atoms with E-state index in [0.29, 0.717) is 0 Å². The van der Waals surface area contributed by atoms with Gasteiger partial charge in [-0.15, -0.1) is 11.3 Å². The van der Waals surface area contributed by atoms with Crippen LogP contribution in [0.2, 0.25) is 0 Å². The number of hydrogen-bond donors (Lipinski definition) is 0. The number of fused-ring (bicyclic) bond motifs is 6. The van der Waals surface area contributed by atoms with Gasteiger partial charge in [-0.3, -0.25) is 0 Å². The van der Waals surface area contributed by atoms with Crippen LogP contribution in [-0.2, 0) is 0 Å². The average Bonchev–Trinajstić information content (AvgIpc) is 3.52. The molecule has 7 aromatic rings. The second-order valence-electron chi connectivity index (χ2n) is 10.2. The van der Waals surface area contributed by atoms with E-state index in [9.17, 15) is 0 Å². The predicted octanol–water partition coefficient (Wildman–Crippen LogP) is 11.2. The molecule has 0 fully saturated rings. The monoisotopic (exact) mass is 581 g/mol. The highest BCUT2D eigenvalue weighted by Crippen LogP contribution is 2.40. The zero-order valence-electron chi connectivity index (χ0n) is 21.2. The number of hydrogen-bond acceptors (Lipinski definition) is 1. The van der Waals surface area contributed by atoms with Crippen LogP contribution in [0.25, 0.3) is 58.8 Å². The third-order valence-corrected chi connectivity index (χ3v) is 9.80. The highest BCUT2D eigenvalue weighted by atomic mass is 79.9. The molecule has 0 bridgehead atoms. The SMILES string of the molecule is Brc1ccccc1C1=CC(c2ccc3c4ccccc4n(-c4ccc5sc6ccccc6c5c4)c3c2)=CCC1. The van der Waals surface area contributed by atoms with Gasteiger partial charge in [-0.1, -0.05) is 94.8 Å². The summed E-state index contributed by atoms with van der Waals surface area (Å²) in [5.74, 6) is 0. The fraction of sp³-hybridized carbons (Fsp3) is 0.0556. The first kappa shape index (κ1) is 23.0. The molecule has 1 aliphatic rings. The first-order chi connectivity index (χ1) is 19.2. The van der Waals surface area contributed by atoms with Crippen molar-refractivity contribution in [2.45, 2.75) is 12.8 Å². The van der Waals surface area contributed by atoms with Gasteiger partial charge in [-0.25, -0.2) is 0 Å². The Balaban J connectivity index is 1.34. The Bertz CT molecular complexity index is 2140. The second-order valence-corrected chi connectivity index (χ2v) is 12.1. The number of para-hydroxylation sites is 1. The van der Waals surface area contributed by atoms with E-state index in [1.54, 1.807) is 0 Å². The van der Waals surface area contributed by atoms with E-state index in [0.717, 1.165) is 17.3 Å². The number of nitrogens with zero attached hydrogens (tertiary/aromatic N) is 1. The van der Waals surface area contributed by atoms with Crippen molar-refractivity contribution in [3.05, 3.63) is 137 Å². The summed E-state index contributed by atoms with van der Waals surface area (Å²) in [5, 5.41) is 5.23. The highest BCUT2D eigenvalue weighted by molar-refractivity contribution is 9.10. The average molecular weight is 583 g/mol. The summed E-state index contributed by atoms with van der Waals surface area (Å²) in [6.45, 7) is 0. The summed E-state index contributed by atoms with van der Waals surface area (Å²) >= 11 is 5.63.